The SMILES string of the molecule is CCC[CH2][Sn]([CH2]CCC)([CH2]CCC)/[C](=C\[Si](C)(C)C)c1ccc(C(=O)OCC)cc1. The van der Waals surface area contributed by atoms with Crippen molar-refractivity contribution in [3.63, 3.8) is 0 Å². The number of esters is 1. The molecule has 4 heteroatoms. The van der Waals surface area contributed by atoms with Crippen LogP contribution in [0.2, 0.25) is 33.0 Å². The van der Waals surface area contributed by atoms with Gasteiger partial charge in [-0.15, -0.1) is 0 Å². The van der Waals surface area contributed by atoms with Crippen LogP contribution in [-0.4, -0.2) is 39.0 Å². The Hall–Kier alpha value is -0.554. The zero-order chi connectivity index (χ0) is 22.6. The van der Waals surface area contributed by atoms with Crippen LogP contribution >= 0.6 is 0 Å². The molecule has 0 aliphatic heterocycles. The van der Waals surface area contributed by atoms with E-state index in [9.17, 15) is 4.79 Å². The molecule has 0 spiro atoms. The van der Waals surface area contributed by atoms with Crippen molar-refractivity contribution in [2.24, 2.45) is 0 Å². The van der Waals surface area contributed by atoms with Gasteiger partial charge in [-0.3, -0.25) is 0 Å². The molecule has 0 fully saturated rings. The normalized spacial score (nSPS) is 12.8. The topological polar surface area (TPSA) is 26.3 Å². The molecule has 0 bridgehead atoms. The second kappa shape index (κ2) is 13.8. The van der Waals surface area contributed by atoms with Crippen LogP contribution in [0.4, 0.5) is 0 Å². The summed E-state index contributed by atoms with van der Waals surface area (Å²) in [6.45, 7) is 16.7. The maximum absolute atomic E-state index is 12.2. The molecule has 170 valence electrons. The first-order chi connectivity index (χ1) is 14.2. The predicted molar refractivity (Wildman–Crippen MR) is 139 cm³/mol. The summed E-state index contributed by atoms with van der Waals surface area (Å²) in [6.07, 6.45) is 7.98. The fourth-order valence-corrected chi connectivity index (χ4v) is 27.5. The molecule has 0 N–H and O–H groups in total. The summed E-state index contributed by atoms with van der Waals surface area (Å²) in [5.41, 5.74) is 4.80. The van der Waals surface area contributed by atoms with E-state index < -0.39 is 26.5 Å². The van der Waals surface area contributed by atoms with Gasteiger partial charge < -0.3 is 0 Å². The van der Waals surface area contributed by atoms with Crippen molar-refractivity contribution in [1.82, 2.24) is 0 Å². The van der Waals surface area contributed by atoms with Gasteiger partial charge in [-0.1, -0.05) is 0 Å². The standard InChI is InChI=1S/C14H19O2Si.3C4H9.Sn/c1-5-16-14(15)13-8-6-12(7-9-13)10-11-17(2,3)4;3*1-3-4-2;/h6-9,11H,5H2,1-4H3;3*1,3-4H2,2H3;. The predicted octanol–water partition coefficient (Wildman–Crippen LogP) is 8.51. The molecule has 2 nitrogen and oxygen atoms in total. The Morgan fingerprint density at radius 3 is 1.63 bits per heavy atom. The second-order valence-corrected chi connectivity index (χ2v) is 28.0. The summed E-state index contributed by atoms with van der Waals surface area (Å²) in [6, 6.07) is 8.41. The Labute approximate surface area is 191 Å². The van der Waals surface area contributed by atoms with E-state index in [1.54, 1.807) is 3.59 Å². The molecule has 1 rings (SSSR count). The van der Waals surface area contributed by atoms with Gasteiger partial charge in [0.25, 0.3) is 0 Å². The van der Waals surface area contributed by atoms with Gasteiger partial charge >= 0.3 is 192 Å². The van der Waals surface area contributed by atoms with E-state index in [-0.39, 0.29) is 5.97 Å². The van der Waals surface area contributed by atoms with Crippen molar-refractivity contribution in [3.05, 3.63) is 41.1 Å². The van der Waals surface area contributed by atoms with Crippen LogP contribution in [-0.2, 0) is 4.74 Å². The molecule has 0 aliphatic carbocycles. The zero-order valence-electron chi connectivity index (χ0n) is 20.8. The molecular weight excluding hydrogens is 491 g/mol. The van der Waals surface area contributed by atoms with E-state index in [1.165, 1.54) is 57.4 Å². The molecule has 1 aromatic rings. The van der Waals surface area contributed by atoms with Gasteiger partial charge in [-0.05, 0) is 0 Å². The summed E-state index contributed by atoms with van der Waals surface area (Å²) in [5, 5.41) is 0. The van der Waals surface area contributed by atoms with Crippen LogP contribution in [0.15, 0.2) is 30.0 Å². The molecule has 0 unspecified atom stereocenters. The van der Waals surface area contributed by atoms with E-state index in [4.69, 9.17) is 4.74 Å². The van der Waals surface area contributed by atoms with Crippen LogP contribution in [0.3, 0.4) is 0 Å². The Bertz CT molecular complexity index is 637. The molecule has 1 aromatic carbocycles. The quantitative estimate of drug-likeness (QED) is 0.176. The van der Waals surface area contributed by atoms with Gasteiger partial charge in [0.2, 0.25) is 0 Å². The fourth-order valence-electron chi connectivity index (χ4n) is 4.30. The number of carbonyl (C=O) groups is 1. The van der Waals surface area contributed by atoms with E-state index >= 15 is 0 Å². The first-order valence-corrected chi connectivity index (χ1v) is 23.3. The summed E-state index contributed by atoms with van der Waals surface area (Å²) < 4.78 is 11.4. The number of unbranched alkanes of at least 4 members (excludes halogenated alkanes) is 3. The molecule has 0 amide bonds. The van der Waals surface area contributed by atoms with Gasteiger partial charge in [-0.2, -0.15) is 0 Å². The molecule has 0 heterocycles. The number of benzene rings is 1. The first kappa shape index (κ1) is 27.5. The minimum absolute atomic E-state index is 0.211. The molecule has 0 saturated heterocycles. The zero-order valence-corrected chi connectivity index (χ0v) is 24.6. The van der Waals surface area contributed by atoms with Crippen molar-refractivity contribution in [3.8, 4) is 0 Å². The first-order valence-electron chi connectivity index (χ1n) is 12.2. The Balaban J connectivity index is 3.52. The Morgan fingerprint density at radius 2 is 1.27 bits per heavy atom. The van der Waals surface area contributed by atoms with Gasteiger partial charge in [0.15, 0.2) is 0 Å². The molecule has 0 saturated carbocycles. The average Bonchev–Trinajstić information content (AvgIpc) is 2.71. The second-order valence-electron chi connectivity index (χ2n) is 9.81. The van der Waals surface area contributed by atoms with Crippen molar-refractivity contribution < 1.29 is 9.53 Å². The molecule has 30 heavy (non-hydrogen) atoms. The van der Waals surface area contributed by atoms with Crippen molar-refractivity contribution >= 4 is 36.0 Å². The van der Waals surface area contributed by atoms with Gasteiger partial charge in [-0.25, -0.2) is 0 Å². The molecule has 0 atom stereocenters. The van der Waals surface area contributed by atoms with Gasteiger partial charge in [0.05, 0.1) is 0 Å². The Morgan fingerprint density at radius 1 is 0.833 bits per heavy atom. The summed E-state index contributed by atoms with van der Waals surface area (Å²) in [4.78, 5) is 12.2. The summed E-state index contributed by atoms with van der Waals surface area (Å²) in [7, 11) is -1.38. The van der Waals surface area contributed by atoms with E-state index in [2.05, 4.69) is 58.2 Å². The van der Waals surface area contributed by atoms with Crippen LogP contribution in [0, 0.1) is 0 Å². The summed E-state index contributed by atoms with van der Waals surface area (Å²) >= 11 is -2.57. The van der Waals surface area contributed by atoms with Crippen molar-refractivity contribution in [1.29, 1.82) is 0 Å². The molecular formula is C26H46O2SiSn. The van der Waals surface area contributed by atoms with E-state index in [0.717, 1.165) is 0 Å². The van der Waals surface area contributed by atoms with E-state index in [0.29, 0.717) is 12.2 Å². The Kier molecular flexibility index (Phi) is 12.6. The average molecular weight is 537 g/mol. The van der Waals surface area contributed by atoms with Gasteiger partial charge in [0, 0.05) is 0 Å². The maximum atomic E-state index is 12.2. The summed E-state index contributed by atoms with van der Waals surface area (Å²) in [5.74, 6) is -0.211. The monoisotopic (exact) mass is 538 g/mol. The number of ether oxygens (including phenoxy) is 1. The molecule has 0 radical (unpaired) electrons. The number of carbonyl (C=O) groups excluding carboxylic acids is 1. The van der Waals surface area contributed by atoms with Crippen LogP contribution < -0.4 is 0 Å². The molecule has 0 aliphatic rings. The third-order valence-corrected chi connectivity index (χ3v) is 23.6. The molecule has 0 aromatic heterocycles. The number of hydrogen-bond donors (Lipinski definition) is 0. The van der Waals surface area contributed by atoms with Gasteiger partial charge in [0.1, 0.15) is 0 Å². The number of rotatable bonds is 14. The fraction of sp³-hybridized carbons (Fsp3) is 0.654. The number of hydrogen-bond acceptors (Lipinski definition) is 2. The van der Waals surface area contributed by atoms with Crippen LogP contribution in [0.5, 0.6) is 0 Å². The van der Waals surface area contributed by atoms with Crippen molar-refractivity contribution in [2.75, 3.05) is 6.61 Å². The van der Waals surface area contributed by atoms with E-state index in [1.807, 2.05) is 19.1 Å². The van der Waals surface area contributed by atoms with Crippen molar-refractivity contribution in [2.45, 2.75) is 99.2 Å². The van der Waals surface area contributed by atoms with Crippen LogP contribution in [0.1, 0.15) is 82.1 Å². The minimum atomic E-state index is -2.57. The third kappa shape index (κ3) is 8.90. The third-order valence-electron chi connectivity index (χ3n) is 5.88. The van der Waals surface area contributed by atoms with Crippen LogP contribution in [0.25, 0.3) is 3.59 Å².